The second-order valence-electron chi connectivity index (χ2n) is 15.5. The van der Waals surface area contributed by atoms with E-state index in [1.54, 1.807) is 13.0 Å². The summed E-state index contributed by atoms with van der Waals surface area (Å²) in [6, 6.07) is 11.9. The SMILES string of the molecule is CC(=O)N1CCN(C)CC1.CC1CCCC(O)C2CCC2CN2C[C@@]3(CCCc4cc(Cl)ccc43)COc3ccc(cc32)C(=O)NS(=O)C1C. The van der Waals surface area contributed by atoms with Gasteiger partial charge in [-0.15, -0.1) is 0 Å². The first kappa shape index (κ1) is 37.1. The fourth-order valence-electron chi connectivity index (χ4n) is 8.54. The Kier molecular flexibility index (Phi) is 11.8. The molecule has 9 nitrogen and oxygen atoms in total. The Bertz CT molecular complexity index is 1570. The van der Waals surface area contributed by atoms with Gasteiger partial charge in [0.05, 0.1) is 23.6 Å². The number of hydrogen-bond donors (Lipinski definition) is 2. The molecular weight excluding hydrogens is 672 g/mol. The molecule has 1 saturated heterocycles. The maximum atomic E-state index is 13.3. The predicted octanol–water partition coefficient (Wildman–Crippen LogP) is 5.58. The van der Waals surface area contributed by atoms with Crippen LogP contribution in [0.1, 0.15) is 87.2 Å². The molecule has 3 aliphatic heterocycles. The van der Waals surface area contributed by atoms with Crippen molar-refractivity contribution in [3.63, 3.8) is 0 Å². The van der Waals surface area contributed by atoms with Gasteiger partial charge in [-0.05, 0) is 118 Å². The van der Waals surface area contributed by atoms with Crippen molar-refractivity contribution in [2.45, 2.75) is 88.9 Å². The number of nitrogens with zero attached hydrogens (tertiary/aromatic N) is 3. The molecule has 2 N–H and O–H groups in total. The van der Waals surface area contributed by atoms with Crippen LogP contribution in [0.2, 0.25) is 5.02 Å². The van der Waals surface area contributed by atoms with E-state index in [-0.39, 0.29) is 40.4 Å². The van der Waals surface area contributed by atoms with Crippen LogP contribution in [0.5, 0.6) is 5.75 Å². The number of nitrogens with one attached hydrogen (secondary N) is 1. The summed E-state index contributed by atoms with van der Waals surface area (Å²) in [7, 11) is 0.584. The second-order valence-corrected chi connectivity index (χ2v) is 17.5. The second kappa shape index (κ2) is 15.9. The molecule has 2 aromatic rings. The van der Waals surface area contributed by atoms with E-state index >= 15 is 0 Å². The van der Waals surface area contributed by atoms with Crippen LogP contribution in [-0.2, 0) is 27.6 Å². The van der Waals surface area contributed by atoms with Crippen molar-refractivity contribution < 1.29 is 23.6 Å². The van der Waals surface area contributed by atoms with Crippen molar-refractivity contribution in [2.24, 2.45) is 17.8 Å². The summed E-state index contributed by atoms with van der Waals surface area (Å²) in [6.07, 6.45) is 7.47. The Morgan fingerprint density at radius 1 is 1.04 bits per heavy atom. The third kappa shape index (κ3) is 8.19. The molecular formula is C39H55ClN4O5S. The third-order valence-electron chi connectivity index (χ3n) is 12.2. The Balaban J connectivity index is 0.000000373. The van der Waals surface area contributed by atoms with Gasteiger partial charge >= 0.3 is 0 Å². The lowest BCUT2D eigenvalue weighted by Crippen LogP contribution is -2.49. The van der Waals surface area contributed by atoms with Crippen molar-refractivity contribution in [3.8, 4) is 5.75 Å². The van der Waals surface area contributed by atoms with Gasteiger partial charge in [0.15, 0.2) is 0 Å². The first-order chi connectivity index (χ1) is 23.9. The summed E-state index contributed by atoms with van der Waals surface area (Å²) in [6.45, 7) is 11.6. The molecule has 1 saturated carbocycles. The number of benzene rings is 2. The van der Waals surface area contributed by atoms with E-state index in [1.165, 1.54) is 11.1 Å². The van der Waals surface area contributed by atoms with E-state index in [0.29, 0.717) is 18.1 Å². The third-order valence-corrected chi connectivity index (χ3v) is 13.9. The van der Waals surface area contributed by atoms with E-state index in [2.05, 4.69) is 40.6 Å². The lowest BCUT2D eigenvalue weighted by atomic mass is 9.68. The number of halogens is 1. The number of aliphatic hydroxyl groups excluding tert-OH is 1. The number of amides is 2. The average Bonchev–Trinajstić information content (AvgIpc) is 3.23. The molecule has 2 aliphatic carbocycles. The van der Waals surface area contributed by atoms with Gasteiger partial charge in [-0.25, -0.2) is 4.21 Å². The number of piperazine rings is 1. The fraction of sp³-hybridized carbons (Fsp3) is 0.641. The molecule has 274 valence electrons. The monoisotopic (exact) mass is 726 g/mol. The number of ether oxygens (including phenoxy) is 1. The van der Waals surface area contributed by atoms with Gasteiger partial charge in [-0.3, -0.25) is 14.3 Å². The molecule has 7 rings (SSSR count). The zero-order valence-electron chi connectivity index (χ0n) is 30.2. The molecule has 2 amide bonds. The van der Waals surface area contributed by atoms with E-state index < -0.39 is 11.0 Å². The highest BCUT2D eigenvalue weighted by Gasteiger charge is 2.44. The molecule has 0 radical (unpaired) electrons. The van der Waals surface area contributed by atoms with Crippen molar-refractivity contribution in [1.82, 2.24) is 14.5 Å². The molecule has 2 aromatic carbocycles. The summed E-state index contributed by atoms with van der Waals surface area (Å²) in [5.41, 5.74) is 3.82. The summed E-state index contributed by atoms with van der Waals surface area (Å²) in [5.74, 6) is 1.51. The van der Waals surface area contributed by atoms with Gasteiger partial charge in [0.1, 0.15) is 16.7 Å². The van der Waals surface area contributed by atoms with Gasteiger partial charge in [0, 0.05) is 62.2 Å². The number of hydrogen-bond acceptors (Lipinski definition) is 7. The number of anilines is 1. The van der Waals surface area contributed by atoms with Crippen LogP contribution in [-0.4, -0.2) is 95.2 Å². The number of aryl methyl sites for hydroxylation is 1. The topological polar surface area (TPSA) is 102 Å². The van der Waals surface area contributed by atoms with Crippen LogP contribution < -0.4 is 14.4 Å². The highest BCUT2D eigenvalue weighted by molar-refractivity contribution is 7.84. The normalized spacial score (nSPS) is 31.8. The van der Waals surface area contributed by atoms with Crippen molar-refractivity contribution >= 4 is 40.1 Å². The van der Waals surface area contributed by atoms with E-state index in [9.17, 15) is 18.9 Å². The Morgan fingerprint density at radius 2 is 1.82 bits per heavy atom. The molecule has 6 unspecified atom stereocenters. The number of rotatable bonds is 0. The van der Waals surface area contributed by atoms with Crippen LogP contribution in [0.3, 0.4) is 0 Å². The fourth-order valence-corrected chi connectivity index (χ4v) is 9.78. The lowest BCUT2D eigenvalue weighted by Gasteiger charge is -2.46. The standard InChI is InChI=1S/C32H41ClN2O4S.C7H14N2O/c1-20-5-3-7-29(36)26-11-8-24(26)17-35-18-32(14-4-6-22-15-25(33)10-12-27(22)32)19-39-30-13-9-23(16-28(30)35)31(37)34-40(38)21(20)2;1-7(10)9-5-3-8(2)4-6-9/h9-10,12-13,15-16,20-21,24,26,29,36H,3-8,11,14,17-19H2,1-2H3,(H,34,37);3-6H2,1-2H3/t20?,21?,24?,26?,29?,32-,40?;/m0./s1. The van der Waals surface area contributed by atoms with Crippen LogP contribution >= 0.6 is 11.6 Å². The van der Waals surface area contributed by atoms with Crippen LogP contribution in [0.4, 0.5) is 5.69 Å². The molecule has 3 heterocycles. The Morgan fingerprint density at radius 3 is 2.54 bits per heavy atom. The molecule has 0 aromatic heterocycles. The van der Waals surface area contributed by atoms with E-state index in [0.717, 1.165) is 107 Å². The molecule has 11 heteroatoms. The highest BCUT2D eigenvalue weighted by Crippen LogP contribution is 2.47. The largest absolute Gasteiger partial charge is 0.490 e. The minimum absolute atomic E-state index is 0.175. The zero-order valence-corrected chi connectivity index (χ0v) is 31.7. The first-order valence-corrected chi connectivity index (χ1v) is 20.2. The molecule has 5 aliphatic rings. The van der Waals surface area contributed by atoms with Gasteiger partial charge in [0.25, 0.3) is 5.91 Å². The molecule has 7 atom stereocenters. The summed E-state index contributed by atoms with van der Waals surface area (Å²) in [4.78, 5) is 30.6. The van der Waals surface area contributed by atoms with E-state index in [1.807, 2.05) is 30.0 Å². The summed E-state index contributed by atoms with van der Waals surface area (Å²) >= 11 is 6.39. The maximum absolute atomic E-state index is 13.3. The van der Waals surface area contributed by atoms with Crippen LogP contribution in [0.15, 0.2) is 36.4 Å². The number of carbonyl (C=O) groups is 2. The van der Waals surface area contributed by atoms with Crippen molar-refractivity contribution in [1.29, 1.82) is 0 Å². The van der Waals surface area contributed by atoms with E-state index in [4.69, 9.17) is 16.3 Å². The molecule has 2 bridgehead atoms. The summed E-state index contributed by atoms with van der Waals surface area (Å²) in [5, 5.41) is 11.8. The lowest BCUT2D eigenvalue weighted by molar-refractivity contribution is -0.130. The molecule has 50 heavy (non-hydrogen) atoms. The van der Waals surface area contributed by atoms with Crippen LogP contribution in [0.25, 0.3) is 0 Å². The average molecular weight is 727 g/mol. The molecule has 2 fully saturated rings. The van der Waals surface area contributed by atoms with Gasteiger partial charge in [-0.1, -0.05) is 31.0 Å². The molecule has 1 spiro atoms. The number of fused-ring (bicyclic) bond motifs is 4. The zero-order chi connectivity index (χ0) is 35.6. The quantitative estimate of drug-likeness (QED) is 0.366. The minimum atomic E-state index is -1.50. The van der Waals surface area contributed by atoms with Gasteiger partial charge < -0.3 is 24.5 Å². The number of likely N-dealkylation sites (N-methyl/N-ethyl adjacent to an activating group) is 1. The number of carbonyl (C=O) groups excluding carboxylic acids is 2. The predicted molar refractivity (Wildman–Crippen MR) is 200 cm³/mol. The van der Waals surface area contributed by atoms with Gasteiger partial charge in [0.2, 0.25) is 5.91 Å². The van der Waals surface area contributed by atoms with Crippen LogP contribution in [0, 0.1) is 17.8 Å². The Labute approximate surface area is 305 Å². The maximum Gasteiger partial charge on any atom is 0.263 e. The van der Waals surface area contributed by atoms with Crippen molar-refractivity contribution in [2.75, 3.05) is 57.8 Å². The Hall–Kier alpha value is -2.66. The minimum Gasteiger partial charge on any atom is -0.490 e. The summed E-state index contributed by atoms with van der Waals surface area (Å²) < 4.78 is 22.4. The smallest absolute Gasteiger partial charge is 0.263 e. The highest BCUT2D eigenvalue weighted by atomic mass is 35.5. The van der Waals surface area contributed by atoms with Gasteiger partial charge in [-0.2, -0.15) is 0 Å². The number of aliphatic hydroxyl groups is 1. The first-order valence-electron chi connectivity index (χ1n) is 18.6. The van der Waals surface area contributed by atoms with Crippen molar-refractivity contribution in [3.05, 3.63) is 58.1 Å².